The molecule has 2 aromatic rings. The van der Waals surface area contributed by atoms with Crippen molar-refractivity contribution in [2.45, 2.75) is 61.1 Å². The second-order valence-electron chi connectivity index (χ2n) is 10.6. The topological polar surface area (TPSA) is 212 Å². The summed E-state index contributed by atoms with van der Waals surface area (Å²) in [6, 6.07) is 8.55. The predicted octanol–water partition coefficient (Wildman–Crippen LogP) is -3.57. The summed E-state index contributed by atoms with van der Waals surface area (Å²) in [4.78, 5) is 38.1. The molecule has 220 valence electrons. The van der Waals surface area contributed by atoms with Gasteiger partial charge in [0.05, 0.1) is 11.9 Å². The molecule has 43 heavy (non-hydrogen) atoms. The van der Waals surface area contributed by atoms with Crippen molar-refractivity contribution in [1.29, 1.82) is 0 Å². The Labute approximate surface area is 247 Å². The van der Waals surface area contributed by atoms with Gasteiger partial charge in [-0.1, -0.05) is 24.3 Å². The molecule has 0 bridgehead atoms. The van der Waals surface area contributed by atoms with Crippen molar-refractivity contribution in [3.63, 3.8) is 0 Å². The molecule has 2 unspecified atom stereocenters. The number of piperidine rings is 1. The molecular formula is C25H24B3FN4O10. The van der Waals surface area contributed by atoms with Crippen molar-refractivity contribution in [3.05, 3.63) is 64.5 Å². The van der Waals surface area contributed by atoms with Crippen LogP contribution >= 0.6 is 0 Å². The molecule has 0 saturated carbocycles. The fourth-order valence-corrected chi connectivity index (χ4v) is 5.23. The third-order valence-electron chi connectivity index (χ3n) is 7.79. The van der Waals surface area contributed by atoms with E-state index in [-0.39, 0.29) is 47.5 Å². The Hall–Kier alpha value is -3.35. The molecule has 8 N–H and O–H groups in total. The van der Waals surface area contributed by atoms with Gasteiger partial charge in [0, 0.05) is 53.9 Å². The van der Waals surface area contributed by atoms with Crippen molar-refractivity contribution in [2.75, 3.05) is 5.32 Å². The van der Waals surface area contributed by atoms with Gasteiger partial charge in [0.1, 0.15) is 29.4 Å². The molecule has 14 nitrogen and oxygen atoms in total. The number of nitrogens with one attached hydrogen (secondary N) is 2. The number of nitrogens with zero attached hydrogens (tertiary/aromatic N) is 2. The zero-order valence-electron chi connectivity index (χ0n) is 22.3. The largest absolute Gasteiger partial charge is 0.381 e. The Morgan fingerprint density at radius 2 is 1.63 bits per heavy atom. The molecule has 0 aromatic heterocycles. The van der Waals surface area contributed by atoms with E-state index in [4.69, 9.17) is 23.5 Å². The molecule has 18 heteroatoms. The first-order chi connectivity index (χ1) is 19.8. The minimum absolute atomic E-state index is 0.00130. The molecule has 2 aromatic carbocycles. The van der Waals surface area contributed by atoms with Gasteiger partial charge < -0.3 is 40.7 Å². The molecule has 2 atom stereocenters. The van der Waals surface area contributed by atoms with Gasteiger partial charge in [0.25, 0.3) is 11.8 Å². The number of morpholine rings is 1. The van der Waals surface area contributed by atoms with Gasteiger partial charge in [0.2, 0.25) is 17.5 Å². The summed E-state index contributed by atoms with van der Waals surface area (Å²) in [5.41, 5.74) is -5.06. The third kappa shape index (κ3) is 4.83. The lowest BCUT2D eigenvalue weighted by Gasteiger charge is -2.60. The number of amides is 3. The molecule has 6 radical (unpaired) electrons. The summed E-state index contributed by atoms with van der Waals surface area (Å²) in [7, 11) is 16.4. The number of halogens is 1. The van der Waals surface area contributed by atoms with E-state index in [0.29, 0.717) is 11.3 Å². The van der Waals surface area contributed by atoms with Crippen molar-refractivity contribution in [2.24, 2.45) is 0 Å². The smallest absolute Gasteiger partial charge is 0.312 e. The van der Waals surface area contributed by atoms with Crippen molar-refractivity contribution in [3.8, 4) is 0 Å². The van der Waals surface area contributed by atoms with Gasteiger partial charge in [-0.25, -0.2) is 9.29 Å². The summed E-state index contributed by atoms with van der Waals surface area (Å²) in [5, 5.41) is 64.5. The number of anilines is 1. The first-order valence-electron chi connectivity index (χ1n) is 12.8. The van der Waals surface area contributed by atoms with Crippen LogP contribution < -0.4 is 10.6 Å². The first kappa shape index (κ1) is 31.1. The van der Waals surface area contributed by atoms with Crippen LogP contribution in [0.3, 0.4) is 0 Å². The number of carbonyl (C=O) groups excluding carboxylic acids is 3. The molecular weight excluding hydrogens is 568 g/mol. The lowest BCUT2D eigenvalue weighted by Crippen LogP contribution is -2.84. The van der Waals surface area contributed by atoms with Gasteiger partial charge in [-0.15, -0.1) is 0 Å². The number of hydrogen-bond acceptors (Lipinski definition) is 12. The quantitative estimate of drug-likeness (QED) is 0.0931. The average Bonchev–Trinajstić information content (AvgIpc) is 3.25. The van der Waals surface area contributed by atoms with E-state index in [1.54, 1.807) is 6.07 Å². The Balaban J connectivity index is 1.38. The first-order valence-corrected chi connectivity index (χ1v) is 12.8. The Morgan fingerprint density at radius 1 is 0.977 bits per heavy atom. The van der Waals surface area contributed by atoms with E-state index in [0.717, 1.165) is 4.90 Å². The lowest BCUT2D eigenvalue weighted by molar-refractivity contribution is -0.518. The van der Waals surface area contributed by atoms with Crippen molar-refractivity contribution in [1.82, 2.24) is 15.1 Å². The number of benzene rings is 2. The number of imide groups is 1. The minimum Gasteiger partial charge on any atom is -0.381 e. The van der Waals surface area contributed by atoms with Crippen LogP contribution in [0.1, 0.15) is 39.9 Å². The van der Waals surface area contributed by atoms with Crippen LogP contribution in [-0.2, 0) is 34.0 Å². The maximum atomic E-state index is 15.6. The highest BCUT2D eigenvalue weighted by Gasteiger charge is 2.67. The van der Waals surface area contributed by atoms with E-state index in [9.17, 15) is 45.0 Å². The van der Waals surface area contributed by atoms with Crippen molar-refractivity contribution < 1.29 is 54.2 Å². The lowest BCUT2D eigenvalue weighted by atomic mass is 9.59. The fourth-order valence-electron chi connectivity index (χ4n) is 5.23. The highest BCUT2D eigenvalue weighted by molar-refractivity contribution is 6.40. The van der Waals surface area contributed by atoms with Crippen LogP contribution in [-0.4, -0.2) is 110 Å². The van der Waals surface area contributed by atoms with Crippen LogP contribution in [0.2, 0.25) is 0 Å². The van der Waals surface area contributed by atoms with Gasteiger partial charge in [-0.3, -0.25) is 24.6 Å². The molecule has 2 fully saturated rings. The molecule has 3 aliphatic heterocycles. The van der Waals surface area contributed by atoms with Gasteiger partial charge in [-0.05, 0) is 12.1 Å². The van der Waals surface area contributed by atoms with Gasteiger partial charge in [-0.2, -0.15) is 0 Å². The molecule has 0 spiro atoms. The number of hydrogen-bond donors (Lipinski definition) is 8. The predicted molar refractivity (Wildman–Crippen MR) is 143 cm³/mol. The summed E-state index contributed by atoms with van der Waals surface area (Å²) in [5.74, 6) is -10.4. The highest BCUT2D eigenvalue weighted by atomic mass is 19.1. The van der Waals surface area contributed by atoms with Crippen LogP contribution in [0, 0.1) is 5.82 Å². The van der Waals surface area contributed by atoms with Crippen LogP contribution in [0.5, 0.6) is 0 Å². The molecule has 3 heterocycles. The van der Waals surface area contributed by atoms with Crippen LogP contribution in [0.15, 0.2) is 36.4 Å². The fraction of sp³-hybridized carbons (Fsp3) is 0.400. The standard InChI is InChI=1S/C25H24B3FN4O10/c26-22(27)24(39,40)33(23(28,38)25(41,42)43-22)10-13-4-1-3-12(18(13)29)9-30-16-6-2-5-14-15(16)11-32(19(14)35)21(37)8-7-17(34)31-20(21)36/h1-6,30,37-42H,7-11H2,(H,31,34,36). The second kappa shape index (κ2) is 10.1. The molecule has 3 aliphatic rings. The number of aliphatic hydroxyl groups is 6. The van der Waals surface area contributed by atoms with E-state index < -0.39 is 58.7 Å². The zero-order valence-corrected chi connectivity index (χ0v) is 22.3. The monoisotopic (exact) mass is 592 g/mol. The van der Waals surface area contributed by atoms with E-state index in [1.165, 1.54) is 30.3 Å². The van der Waals surface area contributed by atoms with E-state index in [2.05, 4.69) is 10.1 Å². The Bertz CT molecular complexity index is 1500. The normalized spacial score (nSPS) is 28.0. The summed E-state index contributed by atoms with van der Waals surface area (Å²) >= 11 is 0. The Morgan fingerprint density at radius 3 is 2.30 bits per heavy atom. The third-order valence-corrected chi connectivity index (χ3v) is 7.79. The molecule has 2 saturated heterocycles. The maximum absolute atomic E-state index is 15.6. The number of rotatable bonds is 6. The number of ether oxygens (including phenoxy) is 1. The van der Waals surface area contributed by atoms with Crippen LogP contribution in [0.4, 0.5) is 10.1 Å². The number of fused-ring (bicyclic) bond motifs is 1. The highest BCUT2D eigenvalue weighted by Crippen LogP contribution is 2.42. The molecule has 5 rings (SSSR count). The van der Waals surface area contributed by atoms with E-state index >= 15 is 4.39 Å². The van der Waals surface area contributed by atoms with Crippen LogP contribution in [0.25, 0.3) is 0 Å². The molecule has 0 aliphatic carbocycles. The summed E-state index contributed by atoms with van der Waals surface area (Å²) in [6.07, 6.45) is -0.455. The summed E-state index contributed by atoms with van der Waals surface area (Å²) in [6.45, 7) is -1.36. The average molecular weight is 592 g/mol. The Kier molecular flexibility index (Phi) is 7.30. The zero-order chi connectivity index (χ0) is 31.8. The summed E-state index contributed by atoms with van der Waals surface area (Å²) < 4.78 is 20.0. The van der Waals surface area contributed by atoms with Gasteiger partial charge >= 0.3 is 5.97 Å². The SMILES string of the molecule is [B]C1([B])OC(O)(O)C([B])(O)N(Cc2cccc(CNc3cccc4c3CN(C3(O)CCC(=O)NC3=O)C4=O)c2F)C1(O)O. The molecule has 3 amide bonds. The van der Waals surface area contributed by atoms with Gasteiger partial charge in [0.15, 0.2) is 5.62 Å². The van der Waals surface area contributed by atoms with Crippen molar-refractivity contribution >= 4 is 46.9 Å². The number of carbonyl (C=O) groups is 3. The second-order valence-corrected chi connectivity index (χ2v) is 10.6. The minimum atomic E-state index is -3.72. The maximum Gasteiger partial charge on any atom is 0.312 e. The van der Waals surface area contributed by atoms with E-state index in [1.807, 2.05) is 5.32 Å².